The van der Waals surface area contributed by atoms with Crippen molar-refractivity contribution in [2.45, 2.75) is 13.2 Å². The molecule has 0 saturated carbocycles. The van der Waals surface area contributed by atoms with Crippen molar-refractivity contribution in [3.63, 3.8) is 0 Å². The van der Waals surface area contributed by atoms with E-state index in [1.54, 1.807) is 16.9 Å². The molecule has 0 unspecified atom stereocenters. The van der Waals surface area contributed by atoms with E-state index in [9.17, 15) is 4.79 Å². The highest BCUT2D eigenvalue weighted by molar-refractivity contribution is 6.30. The molecule has 2 aromatic carbocycles. The monoisotopic (exact) mass is 462 g/mol. The Balaban J connectivity index is 1.16. The number of piperazine rings is 1. The van der Waals surface area contributed by atoms with E-state index in [0.717, 1.165) is 30.2 Å². The van der Waals surface area contributed by atoms with Crippen molar-refractivity contribution in [2.24, 2.45) is 0 Å². The third kappa shape index (κ3) is 5.10. The van der Waals surface area contributed by atoms with Crippen LogP contribution >= 0.6 is 11.6 Å². The minimum Gasteiger partial charge on any atom is -0.335 e. The van der Waals surface area contributed by atoms with Gasteiger partial charge in [0.1, 0.15) is 5.69 Å². The Hall–Kier alpha value is -3.56. The third-order valence-electron chi connectivity index (χ3n) is 5.57. The summed E-state index contributed by atoms with van der Waals surface area (Å²) in [4.78, 5) is 18.6. The fourth-order valence-corrected chi connectivity index (χ4v) is 4.07. The van der Waals surface area contributed by atoms with Crippen LogP contribution in [-0.2, 0) is 13.2 Å². The summed E-state index contributed by atoms with van der Waals surface area (Å²) >= 11 is 6.08. The van der Waals surface area contributed by atoms with Gasteiger partial charge in [-0.1, -0.05) is 54.1 Å². The normalized spacial score (nSPS) is 14.5. The second-order valence-electron chi connectivity index (χ2n) is 7.93. The number of halogens is 1. The predicted molar refractivity (Wildman–Crippen MR) is 124 cm³/mol. The lowest BCUT2D eigenvalue weighted by molar-refractivity contribution is 0.0621. The van der Waals surface area contributed by atoms with Crippen molar-refractivity contribution in [2.75, 3.05) is 26.2 Å². The SMILES string of the molecule is O=C(c1ccn(Cn2nnc(-c3ccccc3)n2)n1)N1CCN(Cc2cccc(Cl)c2)CC1. The molecule has 3 heterocycles. The number of rotatable bonds is 6. The fraction of sp³-hybridized carbons (Fsp3) is 0.261. The topological polar surface area (TPSA) is 85.0 Å². The highest BCUT2D eigenvalue weighted by Gasteiger charge is 2.24. The number of hydrogen-bond donors (Lipinski definition) is 0. The van der Waals surface area contributed by atoms with Gasteiger partial charge >= 0.3 is 0 Å². The van der Waals surface area contributed by atoms with E-state index in [2.05, 4.69) is 31.5 Å². The van der Waals surface area contributed by atoms with E-state index in [-0.39, 0.29) is 12.6 Å². The van der Waals surface area contributed by atoms with Gasteiger partial charge in [0, 0.05) is 49.5 Å². The van der Waals surface area contributed by atoms with E-state index >= 15 is 0 Å². The lowest BCUT2D eigenvalue weighted by atomic mass is 10.2. The third-order valence-corrected chi connectivity index (χ3v) is 5.81. The number of tetrazole rings is 1. The molecule has 9 nitrogen and oxygen atoms in total. The maximum atomic E-state index is 12.9. The number of nitrogens with zero attached hydrogens (tertiary/aromatic N) is 8. The van der Waals surface area contributed by atoms with Crippen LogP contribution in [0.5, 0.6) is 0 Å². The van der Waals surface area contributed by atoms with E-state index in [1.807, 2.05) is 53.4 Å². The first-order valence-corrected chi connectivity index (χ1v) is 11.1. The molecule has 10 heteroatoms. The fourth-order valence-electron chi connectivity index (χ4n) is 3.85. The molecule has 5 rings (SSSR count). The van der Waals surface area contributed by atoms with E-state index in [4.69, 9.17) is 11.6 Å². The van der Waals surface area contributed by atoms with Crippen molar-refractivity contribution in [3.8, 4) is 11.4 Å². The van der Waals surface area contributed by atoms with Crippen LogP contribution in [0, 0.1) is 0 Å². The van der Waals surface area contributed by atoms with Gasteiger partial charge in [-0.15, -0.1) is 15.0 Å². The summed E-state index contributed by atoms with van der Waals surface area (Å²) in [6, 6.07) is 19.3. The van der Waals surface area contributed by atoms with Crippen molar-refractivity contribution in [1.82, 2.24) is 39.8 Å². The molecular weight excluding hydrogens is 440 g/mol. The lowest BCUT2D eigenvalue weighted by Crippen LogP contribution is -2.48. The van der Waals surface area contributed by atoms with Gasteiger partial charge in [0.15, 0.2) is 6.67 Å². The zero-order chi connectivity index (χ0) is 22.6. The summed E-state index contributed by atoms with van der Waals surface area (Å²) in [5, 5.41) is 17.7. The summed E-state index contributed by atoms with van der Waals surface area (Å²) in [6.07, 6.45) is 1.76. The van der Waals surface area contributed by atoms with Gasteiger partial charge in [-0.2, -0.15) is 5.10 Å². The summed E-state index contributed by atoms with van der Waals surface area (Å²) in [5.74, 6) is 0.488. The van der Waals surface area contributed by atoms with Gasteiger partial charge in [-0.25, -0.2) is 4.68 Å². The highest BCUT2D eigenvalue weighted by atomic mass is 35.5. The van der Waals surface area contributed by atoms with Crippen LogP contribution in [0.4, 0.5) is 0 Å². The van der Waals surface area contributed by atoms with Crippen molar-refractivity contribution < 1.29 is 4.79 Å². The lowest BCUT2D eigenvalue weighted by Gasteiger charge is -2.34. The second kappa shape index (κ2) is 9.51. The zero-order valence-corrected chi connectivity index (χ0v) is 18.7. The van der Waals surface area contributed by atoms with Gasteiger partial charge in [-0.3, -0.25) is 9.69 Å². The van der Waals surface area contributed by atoms with Crippen molar-refractivity contribution in [1.29, 1.82) is 0 Å². The minimum absolute atomic E-state index is 0.0623. The Labute approximate surface area is 196 Å². The Morgan fingerprint density at radius 1 is 0.939 bits per heavy atom. The quantitative estimate of drug-likeness (QED) is 0.438. The molecule has 4 aromatic rings. The maximum Gasteiger partial charge on any atom is 0.274 e. The molecule has 168 valence electrons. The van der Waals surface area contributed by atoms with Gasteiger partial charge in [-0.05, 0) is 29.0 Å². The molecule has 1 aliphatic heterocycles. The number of hydrogen-bond acceptors (Lipinski definition) is 6. The van der Waals surface area contributed by atoms with Crippen molar-refractivity contribution in [3.05, 3.63) is 83.1 Å². The Morgan fingerprint density at radius 2 is 1.76 bits per heavy atom. The molecule has 0 bridgehead atoms. The first-order valence-electron chi connectivity index (χ1n) is 10.8. The Bertz CT molecular complexity index is 1230. The first kappa shape index (κ1) is 21.3. The molecule has 0 aliphatic carbocycles. The molecule has 0 atom stereocenters. The molecule has 33 heavy (non-hydrogen) atoms. The van der Waals surface area contributed by atoms with E-state index < -0.39 is 0 Å². The number of amides is 1. The number of aromatic nitrogens is 6. The van der Waals surface area contributed by atoms with Crippen LogP contribution in [0.25, 0.3) is 11.4 Å². The molecule has 1 amide bonds. The summed E-state index contributed by atoms with van der Waals surface area (Å²) in [5.41, 5.74) is 2.49. The van der Waals surface area contributed by atoms with Crippen LogP contribution in [0.15, 0.2) is 66.9 Å². The van der Waals surface area contributed by atoms with Crippen molar-refractivity contribution >= 4 is 17.5 Å². The summed E-state index contributed by atoms with van der Waals surface area (Å²) in [7, 11) is 0. The molecule has 0 radical (unpaired) electrons. The van der Waals surface area contributed by atoms with Gasteiger partial charge in [0.25, 0.3) is 5.91 Å². The van der Waals surface area contributed by atoms with Crippen LogP contribution < -0.4 is 0 Å². The average Bonchev–Trinajstić information content (AvgIpc) is 3.50. The van der Waals surface area contributed by atoms with Gasteiger partial charge in [0.2, 0.25) is 5.82 Å². The van der Waals surface area contributed by atoms with Crippen LogP contribution in [0.2, 0.25) is 5.02 Å². The first-order chi connectivity index (χ1) is 16.1. The molecular formula is C23H23ClN8O. The molecule has 1 aliphatic rings. The number of carbonyl (C=O) groups is 1. The second-order valence-corrected chi connectivity index (χ2v) is 8.37. The highest BCUT2D eigenvalue weighted by Crippen LogP contribution is 2.15. The van der Waals surface area contributed by atoms with Crippen LogP contribution in [-0.4, -0.2) is 71.9 Å². The van der Waals surface area contributed by atoms with Crippen LogP contribution in [0.3, 0.4) is 0 Å². The number of benzene rings is 2. The minimum atomic E-state index is -0.0623. The Morgan fingerprint density at radius 3 is 2.55 bits per heavy atom. The zero-order valence-electron chi connectivity index (χ0n) is 18.0. The summed E-state index contributed by atoms with van der Waals surface area (Å²) < 4.78 is 1.64. The molecule has 0 N–H and O–H groups in total. The molecule has 1 saturated heterocycles. The number of carbonyl (C=O) groups excluding carboxylic acids is 1. The molecule has 2 aromatic heterocycles. The molecule has 1 fully saturated rings. The molecule has 0 spiro atoms. The van der Waals surface area contributed by atoms with E-state index in [0.29, 0.717) is 24.6 Å². The Kier molecular flexibility index (Phi) is 6.14. The standard InChI is InChI=1S/C23H23ClN8O/c24-20-8-4-5-18(15-20)16-29-11-13-30(14-12-29)23(33)21-9-10-31(26-21)17-32-27-22(25-28-32)19-6-2-1-3-7-19/h1-10,15H,11-14,16-17H2. The maximum absolute atomic E-state index is 12.9. The van der Waals surface area contributed by atoms with Gasteiger partial charge in [0.05, 0.1) is 0 Å². The summed E-state index contributed by atoms with van der Waals surface area (Å²) in [6.45, 7) is 4.05. The smallest absolute Gasteiger partial charge is 0.274 e. The van der Waals surface area contributed by atoms with E-state index in [1.165, 1.54) is 10.4 Å². The van der Waals surface area contributed by atoms with Gasteiger partial charge < -0.3 is 4.90 Å². The average molecular weight is 463 g/mol. The largest absolute Gasteiger partial charge is 0.335 e. The van der Waals surface area contributed by atoms with Crippen LogP contribution in [0.1, 0.15) is 16.1 Å². The predicted octanol–water partition coefficient (Wildman–Crippen LogP) is 2.65.